The van der Waals surface area contributed by atoms with E-state index < -0.39 is 0 Å². The summed E-state index contributed by atoms with van der Waals surface area (Å²) in [6.45, 7) is 6.24. The molecular weight excluding hydrogens is 258 g/mol. The fourth-order valence-corrected chi connectivity index (χ4v) is 3.50. The Morgan fingerprint density at radius 3 is 2.58 bits per heavy atom. The van der Waals surface area contributed by atoms with E-state index in [1.807, 2.05) is 6.07 Å². The smallest absolute Gasteiger partial charge is 0.108 e. The van der Waals surface area contributed by atoms with Gasteiger partial charge in [-0.05, 0) is 12.1 Å². The first-order valence-corrected chi connectivity index (χ1v) is 7.57. The monoisotopic (exact) mass is 277 g/mol. The number of aliphatic hydroxyl groups is 1. The molecule has 1 aliphatic heterocycles. The second-order valence-electron chi connectivity index (χ2n) is 4.92. The van der Waals surface area contributed by atoms with E-state index in [4.69, 9.17) is 5.11 Å². The summed E-state index contributed by atoms with van der Waals surface area (Å²) in [5.74, 6) is 0. The van der Waals surface area contributed by atoms with Crippen molar-refractivity contribution in [1.82, 2.24) is 14.8 Å². The molecule has 1 aliphatic rings. The number of hydrogen-bond acceptors (Lipinski definition) is 5. The van der Waals surface area contributed by atoms with Crippen molar-refractivity contribution in [3.63, 3.8) is 0 Å². The minimum atomic E-state index is 0.262. The standard InChI is InChI=1S/C14H19N3OS/c18-10-9-16-5-7-17(8-6-16)11-14-15-12-3-1-2-4-13(12)19-14/h1-4,18H,5-11H2. The van der Waals surface area contributed by atoms with E-state index in [1.165, 1.54) is 9.71 Å². The van der Waals surface area contributed by atoms with Crippen molar-refractivity contribution >= 4 is 21.6 Å². The van der Waals surface area contributed by atoms with Gasteiger partial charge in [-0.1, -0.05) is 12.1 Å². The second kappa shape index (κ2) is 5.96. The van der Waals surface area contributed by atoms with Gasteiger partial charge in [0.25, 0.3) is 0 Å². The van der Waals surface area contributed by atoms with Crippen LogP contribution in [0.4, 0.5) is 0 Å². The van der Waals surface area contributed by atoms with Crippen LogP contribution in [0.5, 0.6) is 0 Å². The van der Waals surface area contributed by atoms with E-state index in [2.05, 4.69) is 33.0 Å². The van der Waals surface area contributed by atoms with Crippen LogP contribution in [0.1, 0.15) is 5.01 Å². The largest absolute Gasteiger partial charge is 0.395 e. The number of β-amino-alcohol motifs (C(OH)–C–C–N with tert-alkyl or cyclic N) is 1. The highest BCUT2D eigenvalue weighted by Gasteiger charge is 2.17. The molecule has 0 saturated carbocycles. The third-order valence-electron chi connectivity index (χ3n) is 3.58. The lowest BCUT2D eigenvalue weighted by Gasteiger charge is -2.33. The lowest BCUT2D eigenvalue weighted by atomic mass is 10.3. The normalized spacial score (nSPS) is 18.2. The summed E-state index contributed by atoms with van der Waals surface area (Å²) in [6.07, 6.45) is 0. The lowest BCUT2D eigenvalue weighted by Crippen LogP contribution is -2.46. The summed E-state index contributed by atoms with van der Waals surface area (Å²) in [4.78, 5) is 9.45. The molecule has 5 heteroatoms. The van der Waals surface area contributed by atoms with Crippen LogP contribution in [0, 0.1) is 0 Å². The molecule has 0 bridgehead atoms. The molecule has 102 valence electrons. The maximum atomic E-state index is 8.94. The van der Waals surface area contributed by atoms with Crippen LogP contribution in [0.25, 0.3) is 10.2 Å². The number of aliphatic hydroxyl groups excluding tert-OH is 1. The van der Waals surface area contributed by atoms with Crippen LogP contribution in [-0.2, 0) is 6.54 Å². The van der Waals surface area contributed by atoms with Crippen LogP contribution in [0.2, 0.25) is 0 Å². The summed E-state index contributed by atoms with van der Waals surface area (Å²) in [5, 5.41) is 10.1. The zero-order valence-electron chi connectivity index (χ0n) is 11.0. The van der Waals surface area contributed by atoms with Gasteiger partial charge in [-0.25, -0.2) is 4.98 Å². The maximum absolute atomic E-state index is 8.94. The maximum Gasteiger partial charge on any atom is 0.108 e. The first-order chi connectivity index (χ1) is 9.35. The Labute approximate surface area is 117 Å². The van der Waals surface area contributed by atoms with Crippen molar-refractivity contribution in [3.05, 3.63) is 29.3 Å². The van der Waals surface area contributed by atoms with Crippen LogP contribution < -0.4 is 0 Å². The Morgan fingerprint density at radius 2 is 1.84 bits per heavy atom. The Kier molecular flexibility index (Phi) is 4.08. The molecule has 1 aromatic heterocycles. The summed E-state index contributed by atoms with van der Waals surface area (Å²) >= 11 is 1.80. The van der Waals surface area contributed by atoms with Gasteiger partial charge in [0.1, 0.15) is 5.01 Å². The molecule has 0 radical (unpaired) electrons. The van der Waals surface area contributed by atoms with Gasteiger partial charge in [0.2, 0.25) is 0 Å². The number of benzene rings is 1. The van der Waals surface area contributed by atoms with Crippen molar-refractivity contribution < 1.29 is 5.11 Å². The Hall–Kier alpha value is -1.01. The first kappa shape index (κ1) is 13.0. The summed E-state index contributed by atoms with van der Waals surface area (Å²) < 4.78 is 1.27. The zero-order valence-corrected chi connectivity index (χ0v) is 11.8. The topological polar surface area (TPSA) is 39.6 Å². The van der Waals surface area contributed by atoms with Crippen molar-refractivity contribution in [2.45, 2.75) is 6.54 Å². The van der Waals surface area contributed by atoms with E-state index in [0.29, 0.717) is 0 Å². The Balaban J connectivity index is 1.60. The zero-order chi connectivity index (χ0) is 13.1. The number of para-hydroxylation sites is 1. The minimum absolute atomic E-state index is 0.262. The highest BCUT2D eigenvalue weighted by atomic mass is 32.1. The predicted molar refractivity (Wildman–Crippen MR) is 78.4 cm³/mol. The van der Waals surface area contributed by atoms with Crippen molar-refractivity contribution in [3.8, 4) is 0 Å². The Morgan fingerprint density at radius 1 is 1.11 bits per heavy atom. The molecule has 0 aliphatic carbocycles. The number of rotatable bonds is 4. The Bertz CT molecular complexity index is 501. The van der Waals surface area contributed by atoms with E-state index in [9.17, 15) is 0 Å². The molecule has 0 unspecified atom stereocenters. The van der Waals surface area contributed by atoms with Crippen molar-refractivity contribution in [2.24, 2.45) is 0 Å². The molecule has 2 heterocycles. The third kappa shape index (κ3) is 3.12. The molecule has 1 fully saturated rings. The van der Waals surface area contributed by atoms with Crippen LogP contribution in [0.3, 0.4) is 0 Å². The van der Waals surface area contributed by atoms with Gasteiger partial charge in [0.15, 0.2) is 0 Å². The number of aromatic nitrogens is 1. The van der Waals surface area contributed by atoms with Gasteiger partial charge in [0, 0.05) is 32.7 Å². The van der Waals surface area contributed by atoms with Gasteiger partial charge >= 0.3 is 0 Å². The SMILES string of the molecule is OCCN1CCN(Cc2nc3ccccc3s2)CC1. The van der Waals surface area contributed by atoms with Crippen molar-refractivity contribution in [2.75, 3.05) is 39.3 Å². The van der Waals surface area contributed by atoms with E-state index >= 15 is 0 Å². The van der Waals surface area contributed by atoms with Gasteiger partial charge in [0.05, 0.1) is 23.4 Å². The molecule has 0 atom stereocenters. The lowest BCUT2D eigenvalue weighted by molar-refractivity contribution is 0.108. The minimum Gasteiger partial charge on any atom is -0.395 e. The third-order valence-corrected chi connectivity index (χ3v) is 4.60. The predicted octanol–water partition coefficient (Wildman–Crippen LogP) is 1.41. The van der Waals surface area contributed by atoms with E-state index in [-0.39, 0.29) is 6.61 Å². The van der Waals surface area contributed by atoms with Gasteiger partial charge < -0.3 is 5.11 Å². The van der Waals surface area contributed by atoms with Crippen LogP contribution >= 0.6 is 11.3 Å². The molecule has 1 saturated heterocycles. The summed E-state index contributed by atoms with van der Waals surface area (Å²) in [7, 11) is 0. The molecule has 1 N–H and O–H groups in total. The quantitative estimate of drug-likeness (QED) is 0.917. The molecule has 19 heavy (non-hydrogen) atoms. The number of fused-ring (bicyclic) bond motifs is 1. The summed E-state index contributed by atoms with van der Waals surface area (Å²) in [5.41, 5.74) is 1.11. The molecule has 0 spiro atoms. The molecule has 3 rings (SSSR count). The van der Waals surface area contributed by atoms with E-state index in [0.717, 1.165) is 44.8 Å². The molecular formula is C14H19N3OS. The molecule has 0 amide bonds. The number of hydrogen-bond donors (Lipinski definition) is 1. The highest BCUT2D eigenvalue weighted by molar-refractivity contribution is 7.18. The van der Waals surface area contributed by atoms with E-state index in [1.54, 1.807) is 11.3 Å². The first-order valence-electron chi connectivity index (χ1n) is 6.75. The second-order valence-corrected chi connectivity index (χ2v) is 6.03. The highest BCUT2D eigenvalue weighted by Crippen LogP contribution is 2.22. The average molecular weight is 277 g/mol. The average Bonchev–Trinajstić information content (AvgIpc) is 2.83. The van der Waals surface area contributed by atoms with Gasteiger partial charge in [-0.2, -0.15) is 0 Å². The number of nitrogens with zero attached hydrogens (tertiary/aromatic N) is 3. The van der Waals surface area contributed by atoms with Gasteiger partial charge in [-0.15, -0.1) is 11.3 Å². The number of thiazole rings is 1. The number of piperazine rings is 1. The van der Waals surface area contributed by atoms with Crippen LogP contribution in [-0.4, -0.2) is 59.2 Å². The fourth-order valence-electron chi connectivity index (χ4n) is 2.49. The summed E-state index contributed by atoms with van der Waals surface area (Å²) in [6, 6.07) is 8.32. The van der Waals surface area contributed by atoms with Crippen LogP contribution in [0.15, 0.2) is 24.3 Å². The van der Waals surface area contributed by atoms with Crippen molar-refractivity contribution in [1.29, 1.82) is 0 Å². The molecule has 1 aromatic carbocycles. The van der Waals surface area contributed by atoms with Gasteiger partial charge in [-0.3, -0.25) is 9.80 Å². The fraction of sp³-hybridized carbons (Fsp3) is 0.500. The molecule has 4 nitrogen and oxygen atoms in total. The molecule has 2 aromatic rings.